The molecule has 0 radical (unpaired) electrons. The van der Waals surface area contributed by atoms with E-state index in [0.29, 0.717) is 63.9 Å². The number of aryl methyl sites for hydroxylation is 2. The molecule has 2 amide bonds. The first kappa shape index (κ1) is 56.9. The van der Waals surface area contributed by atoms with Crippen LogP contribution in [0.2, 0.25) is 5.15 Å². The van der Waals surface area contributed by atoms with Crippen LogP contribution in [0, 0.1) is 13.8 Å². The number of benzene rings is 1. The largest absolute Gasteiger partial charge is 0.496 e. The van der Waals surface area contributed by atoms with Gasteiger partial charge in [-0.25, -0.2) is 19.0 Å². The van der Waals surface area contributed by atoms with E-state index in [0.717, 1.165) is 80.4 Å². The highest BCUT2D eigenvalue weighted by molar-refractivity contribution is 6.62. The van der Waals surface area contributed by atoms with Gasteiger partial charge < -0.3 is 39.2 Å². The minimum atomic E-state index is -4.63. The van der Waals surface area contributed by atoms with Crippen molar-refractivity contribution in [1.82, 2.24) is 44.1 Å². The van der Waals surface area contributed by atoms with Gasteiger partial charge in [-0.2, -0.15) is 36.5 Å². The fourth-order valence-electron chi connectivity index (χ4n) is 8.63. The first-order valence-electron chi connectivity index (χ1n) is 25.1. The monoisotopic (exact) mass is 1130 g/mol. The minimum Gasteiger partial charge on any atom is -0.399 e. The second-order valence-corrected chi connectivity index (χ2v) is 20.0. The molecule has 27 heteroatoms. The summed E-state index contributed by atoms with van der Waals surface area (Å²) in [7, 11) is -0.679. The molecular formula is C53H53BClF6N13O6. The van der Waals surface area contributed by atoms with Crippen LogP contribution in [0.15, 0.2) is 104 Å². The van der Waals surface area contributed by atoms with Crippen LogP contribution in [0.1, 0.15) is 71.1 Å². The molecule has 0 aliphatic carbocycles. The molecule has 0 atom stereocenters. The number of imidazole rings is 2. The molecule has 1 aromatic carbocycles. The Bertz CT molecular complexity index is 3540. The Labute approximate surface area is 459 Å². The molecule has 3 fully saturated rings. The van der Waals surface area contributed by atoms with Gasteiger partial charge in [0.15, 0.2) is 16.4 Å². The quantitative estimate of drug-likeness (QED) is 0.108. The molecule has 0 unspecified atom stereocenters. The van der Waals surface area contributed by atoms with Crippen molar-refractivity contribution in [3.63, 3.8) is 0 Å². The highest BCUT2D eigenvalue weighted by Gasteiger charge is 2.52. The lowest BCUT2D eigenvalue weighted by atomic mass is 9.78. The van der Waals surface area contributed by atoms with Gasteiger partial charge in [0.2, 0.25) is 0 Å². The summed E-state index contributed by atoms with van der Waals surface area (Å²) in [6, 6.07) is 13.3. The summed E-state index contributed by atoms with van der Waals surface area (Å²) in [6.07, 6.45) is 1.61. The predicted molar refractivity (Wildman–Crippen MR) is 286 cm³/mol. The molecule has 0 spiro atoms. The molecule has 3 aliphatic heterocycles. The SMILES string of the molecule is Cc1ncc(NC(=O)c2cccc(C(F)(F)F)c2)cc1-c1cc(N2CCOCC2)c2nccn2n1.Cc1ncc(NC(=O)c2ccnc(C(F)(F)F)c2)cc1B1OC(C)(C)C(C)(C)O1.Clc1cc(N2CCOCC2)c2nccn2n1. The average molecular weight is 1130 g/mol. The number of amides is 2. The number of hydrogen-bond donors (Lipinski definition) is 2. The number of anilines is 4. The molecule has 0 bridgehead atoms. The first-order chi connectivity index (χ1) is 37.9. The van der Waals surface area contributed by atoms with Gasteiger partial charge in [0.05, 0.1) is 84.0 Å². The Kier molecular flexibility index (Phi) is 16.5. The van der Waals surface area contributed by atoms with E-state index in [9.17, 15) is 35.9 Å². The Morgan fingerprint density at radius 1 is 0.625 bits per heavy atom. The third kappa shape index (κ3) is 12.9. The zero-order valence-corrected chi connectivity index (χ0v) is 44.8. The van der Waals surface area contributed by atoms with Crippen LogP contribution < -0.4 is 25.9 Å². The van der Waals surface area contributed by atoms with Crippen LogP contribution in [-0.2, 0) is 31.1 Å². The molecule has 8 aromatic rings. The van der Waals surface area contributed by atoms with E-state index in [1.807, 2.05) is 46.8 Å². The molecule has 3 aliphatic rings. The summed E-state index contributed by atoms with van der Waals surface area (Å²) in [4.78, 5) is 50.1. The van der Waals surface area contributed by atoms with Crippen molar-refractivity contribution >= 4 is 70.0 Å². The number of ether oxygens (including phenoxy) is 2. The van der Waals surface area contributed by atoms with Gasteiger partial charge in [-0.3, -0.25) is 24.5 Å². The maximum Gasteiger partial charge on any atom is 0.496 e. The Morgan fingerprint density at radius 2 is 1.16 bits per heavy atom. The molecule has 3 saturated heterocycles. The highest BCUT2D eigenvalue weighted by Crippen LogP contribution is 2.37. The fraction of sp³-hybridized carbons (Fsp3) is 0.340. The van der Waals surface area contributed by atoms with Crippen LogP contribution in [0.4, 0.5) is 49.1 Å². The first-order valence-corrected chi connectivity index (χ1v) is 25.4. The van der Waals surface area contributed by atoms with E-state index in [-0.39, 0.29) is 11.1 Å². The van der Waals surface area contributed by atoms with Gasteiger partial charge in [0, 0.05) is 96.8 Å². The third-order valence-corrected chi connectivity index (χ3v) is 13.8. The van der Waals surface area contributed by atoms with Crippen molar-refractivity contribution < 1.29 is 54.7 Å². The van der Waals surface area contributed by atoms with Gasteiger partial charge in [-0.05, 0) is 90.1 Å². The van der Waals surface area contributed by atoms with Crippen molar-refractivity contribution in [1.29, 1.82) is 0 Å². The maximum absolute atomic E-state index is 13.0. The van der Waals surface area contributed by atoms with Gasteiger partial charge in [0.25, 0.3) is 11.8 Å². The van der Waals surface area contributed by atoms with Gasteiger partial charge in [0.1, 0.15) is 5.69 Å². The molecule has 80 heavy (non-hydrogen) atoms. The number of alkyl halides is 6. The lowest BCUT2D eigenvalue weighted by molar-refractivity contribution is -0.141. The number of nitrogens with one attached hydrogen (secondary N) is 2. The standard InChI is InChI=1S/C24H21F3N6O2.C19H21BF3N3O3.C10H11ClN4O/c1-15-19(20-13-21(32-7-9-35-10-8-32)22-28-5-6-33(22)31-20)12-18(14-29-15)30-23(34)16-3-2-4-17(11-16)24(25,26)27;1-11-14(20-28-17(2,3)18(4,5)29-20)9-13(10-25-11)26-16(27)12-6-7-24-15(8-12)19(21,22)23;11-9-7-8(14-3-5-16-6-4-14)10-12-1-2-15(10)13-9/h2-6,11-14H,7-10H2,1H3,(H,30,34);6-10H,1-5H3,(H,26,27);1-2,7H,3-6H2. The number of rotatable bonds is 8. The topological polar surface area (TPSA) is 201 Å². The number of nitrogens with zero attached hydrogens (tertiary/aromatic N) is 11. The Morgan fingerprint density at radius 3 is 1.74 bits per heavy atom. The predicted octanol–water partition coefficient (Wildman–Crippen LogP) is 8.78. The van der Waals surface area contributed by atoms with Crippen molar-refractivity contribution in [3.8, 4) is 11.3 Å². The summed E-state index contributed by atoms with van der Waals surface area (Å²) in [6.45, 7) is 17.2. The number of carbonyl (C=O) groups excluding carboxylic acids is 2. The van der Waals surface area contributed by atoms with Gasteiger partial charge in [-0.15, -0.1) is 0 Å². The van der Waals surface area contributed by atoms with Gasteiger partial charge >= 0.3 is 19.5 Å². The Balaban J connectivity index is 0.000000155. The van der Waals surface area contributed by atoms with Crippen molar-refractivity contribution in [2.45, 2.75) is 65.1 Å². The summed E-state index contributed by atoms with van der Waals surface area (Å²) >= 11 is 5.98. The summed E-state index contributed by atoms with van der Waals surface area (Å²) < 4.78 is 104. The number of morpholine rings is 2. The number of aromatic nitrogens is 9. The van der Waals surface area contributed by atoms with Gasteiger partial charge in [-0.1, -0.05) is 17.7 Å². The summed E-state index contributed by atoms with van der Waals surface area (Å²) in [5.41, 5.74) is 4.03. The molecular weight excluding hydrogens is 1070 g/mol. The summed E-state index contributed by atoms with van der Waals surface area (Å²) in [5, 5.41) is 14.5. The second kappa shape index (κ2) is 23.1. The van der Waals surface area contributed by atoms with Crippen molar-refractivity contribution in [2.24, 2.45) is 0 Å². The molecule has 7 aromatic heterocycles. The van der Waals surface area contributed by atoms with E-state index in [4.69, 9.17) is 30.4 Å². The van der Waals surface area contributed by atoms with Crippen LogP contribution in [0.5, 0.6) is 0 Å². The zero-order valence-electron chi connectivity index (χ0n) is 44.1. The normalized spacial score (nSPS) is 16.2. The lowest BCUT2D eigenvalue weighted by Gasteiger charge is -2.32. The van der Waals surface area contributed by atoms with Crippen LogP contribution in [0.3, 0.4) is 0 Å². The molecule has 19 nitrogen and oxygen atoms in total. The molecule has 418 valence electrons. The average Bonchev–Trinajstić information content (AvgIpc) is 4.26. The number of pyridine rings is 3. The number of fused-ring (bicyclic) bond motifs is 2. The molecule has 0 saturated carbocycles. The van der Waals surface area contributed by atoms with Crippen LogP contribution in [-0.4, -0.2) is 127 Å². The van der Waals surface area contributed by atoms with E-state index in [2.05, 4.69) is 55.6 Å². The van der Waals surface area contributed by atoms with E-state index < -0.39 is 53.7 Å². The smallest absolute Gasteiger partial charge is 0.399 e. The fourth-order valence-corrected chi connectivity index (χ4v) is 8.82. The molecule has 10 heterocycles. The van der Waals surface area contributed by atoms with Crippen LogP contribution in [0.25, 0.3) is 22.6 Å². The Hall–Kier alpha value is -7.78. The molecule has 2 N–H and O–H groups in total. The van der Waals surface area contributed by atoms with E-state index >= 15 is 0 Å². The van der Waals surface area contributed by atoms with Crippen molar-refractivity contribution in [3.05, 3.63) is 143 Å². The number of halogens is 7. The van der Waals surface area contributed by atoms with Crippen molar-refractivity contribution in [2.75, 3.05) is 73.0 Å². The maximum atomic E-state index is 13.0. The summed E-state index contributed by atoms with van der Waals surface area (Å²) in [5.74, 6) is -1.37. The second-order valence-electron chi connectivity index (χ2n) is 19.6. The number of hydrogen-bond acceptors (Lipinski definition) is 15. The minimum absolute atomic E-state index is 0.102. The van der Waals surface area contributed by atoms with E-state index in [1.54, 1.807) is 52.9 Å². The number of carbonyl (C=O) groups is 2. The zero-order chi connectivity index (χ0) is 57.1. The lowest BCUT2D eigenvalue weighted by Crippen LogP contribution is -2.41. The van der Waals surface area contributed by atoms with Crippen LogP contribution >= 0.6 is 11.6 Å². The van der Waals surface area contributed by atoms with E-state index in [1.165, 1.54) is 30.6 Å². The third-order valence-electron chi connectivity index (χ3n) is 13.6. The highest BCUT2D eigenvalue weighted by atomic mass is 35.5. The molecule has 11 rings (SSSR count).